The van der Waals surface area contributed by atoms with Gasteiger partial charge in [0.05, 0.1) is 12.1 Å². The summed E-state index contributed by atoms with van der Waals surface area (Å²) >= 11 is 0. The Morgan fingerprint density at radius 1 is 1.32 bits per heavy atom. The third-order valence-electron chi connectivity index (χ3n) is 4.66. The number of carbonyl (C=O) groups is 1. The standard InChI is InChI=1S/C15H17FN2O/c16-15(10-4-2-1-3-5-10)8-13(15)18-14(19)12-7-9-6-11(9)17-12/h1-5,9,11-13,17H,6-8H2,(H,18,19)/t9-,11-,12+,13+,15+/m1/s1. The predicted octanol–water partition coefficient (Wildman–Crippen LogP) is 1.49. The molecule has 3 nitrogen and oxygen atoms in total. The van der Waals surface area contributed by atoms with E-state index in [9.17, 15) is 9.18 Å². The molecule has 0 bridgehead atoms. The summed E-state index contributed by atoms with van der Waals surface area (Å²) in [7, 11) is 0. The maximum Gasteiger partial charge on any atom is 0.237 e. The zero-order valence-electron chi connectivity index (χ0n) is 10.6. The average Bonchev–Trinajstić information content (AvgIpc) is 3.28. The lowest BCUT2D eigenvalue weighted by molar-refractivity contribution is -0.123. The summed E-state index contributed by atoms with van der Waals surface area (Å²) in [5.74, 6) is 0.645. The van der Waals surface area contributed by atoms with Gasteiger partial charge in [-0.3, -0.25) is 4.79 Å². The molecular formula is C15H17FN2O. The topological polar surface area (TPSA) is 41.1 Å². The van der Waals surface area contributed by atoms with Crippen molar-refractivity contribution in [3.05, 3.63) is 35.9 Å². The second kappa shape index (κ2) is 3.79. The van der Waals surface area contributed by atoms with Crippen molar-refractivity contribution in [2.45, 2.75) is 43.1 Å². The third kappa shape index (κ3) is 1.86. The molecule has 19 heavy (non-hydrogen) atoms. The van der Waals surface area contributed by atoms with Crippen LogP contribution in [0.15, 0.2) is 30.3 Å². The monoisotopic (exact) mass is 260 g/mol. The van der Waals surface area contributed by atoms with Crippen molar-refractivity contribution in [2.24, 2.45) is 5.92 Å². The normalized spacial score (nSPS) is 42.6. The molecule has 1 heterocycles. The molecule has 4 heteroatoms. The lowest BCUT2D eigenvalue weighted by atomic mass is 10.1. The Morgan fingerprint density at radius 2 is 2.11 bits per heavy atom. The van der Waals surface area contributed by atoms with Gasteiger partial charge in [0, 0.05) is 12.5 Å². The van der Waals surface area contributed by atoms with Crippen LogP contribution in [0.3, 0.4) is 0 Å². The second-order valence-corrected chi connectivity index (χ2v) is 6.05. The predicted molar refractivity (Wildman–Crippen MR) is 69.2 cm³/mol. The highest BCUT2D eigenvalue weighted by molar-refractivity contribution is 5.83. The number of amides is 1. The van der Waals surface area contributed by atoms with Crippen LogP contribution in [0.25, 0.3) is 0 Å². The summed E-state index contributed by atoms with van der Waals surface area (Å²) in [6, 6.07) is 9.19. The molecule has 2 N–H and O–H groups in total. The average molecular weight is 260 g/mol. The smallest absolute Gasteiger partial charge is 0.237 e. The minimum atomic E-state index is -1.36. The molecule has 0 aromatic heterocycles. The Balaban J connectivity index is 1.39. The number of benzene rings is 1. The molecule has 1 aromatic carbocycles. The van der Waals surface area contributed by atoms with Gasteiger partial charge in [0.1, 0.15) is 0 Å². The molecule has 100 valence electrons. The largest absolute Gasteiger partial charge is 0.348 e. The van der Waals surface area contributed by atoms with E-state index >= 15 is 0 Å². The van der Waals surface area contributed by atoms with Crippen molar-refractivity contribution in [3.63, 3.8) is 0 Å². The first kappa shape index (κ1) is 11.4. The number of hydrogen-bond donors (Lipinski definition) is 2. The number of rotatable bonds is 3. The van der Waals surface area contributed by atoms with Crippen LogP contribution in [-0.2, 0) is 10.5 Å². The quantitative estimate of drug-likeness (QED) is 0.864. The van der Waals surface area contributed by atoms with Gasteiger partial charge in [-0.15, -0.1) is 0 Å². The van der Waals surface area contributed by atoms with Gasteiger partial charge >= 0.3 is 0 Å². The number of hydrogen-bond acceptors (Lipinski definition) is 2. The molecule has 3 aliphatic rings. The highest BCUT2D eigenvalue weighted by atomic mass is 19.1. The van der Waals surface area contributed by atoms with Crippen molar-refractivity contribution >= 4 is 5.91 Å². The summed E-state index contributed by atoms with van der Waals surface area (Å²) in [4.78, 5) is 12.0. The van der Waals surface area contributed by atoms with Crippen LogP contribution in [0.1, 0.15) is 24.8 Å². The fraction of sp³-hybridized carbons (Fsp3) is 0.533. The van der Waals surface area contributed by atoms with Gasteiger partial charge in [-0.25, -0.2) is 4.39 Å². The molecule has 5 atom stereocenters. The van der Waals surface area contributed by atoms with E-state index in [1.165, 1.54) is 6.42 Å². The van der Waals surface area contributed by atoms with Crippen LogP contribution in [-0.4, -0.2) is 24.0 Å². The highest BCUT2D eigenvalue weighted by Gasteiger charge is 2.58. The van der Waals surface area contributed by atoms with E-state index in [0.717, 1.165) is 6.42 Å². The Labute approximate surface area is 111 Å². The Morgan fingerprint density at radius 3 is 2.79 bits per heavy atom. The SMILES string of the molecule is O=C(N[C@H]1C[C@]1(F)c1ccccc1)[C@@H]1C[C@H]2C[C@H]2N1. The van der Waals surface area contributed by atoms with E-state index in [4.69, 9.17) is 0 Å². The van der Waals surface area contributed by atoms with E-state index in [1.54, 1.807) is 12.1 Å². The molecular weight excluding hydrogens is 243 g/mol. The first-order valence-electron chi connectivity index (χ1n) is 6.98. The molecule has 4 rings (SSSR count). The number of piperidine rings is 1. The zero-order chi connectivity index (χ0) is 13.0. The number of alkyl halides is 1. The summed E-state index contributed by atoms with van der Waals surface area (Å²) in [6.07, 6.45) is 2.50. The van der Waals surface area contributed by atoms with Gasteiger partial charge in [0.2, 0.25) is 5.91 Å². The van der Waals surface area contributed by atoms with Crippen molar-refractivity contribution < 1.29 is 9.18 Å². The second-order valence-electron chi connectivity index (χ2n) is 6.05. The molecule has 0 spiro atoms. The lowest BCUT2D eigenvalue weighted by Gasteiger charge is -2.14. The number of fused-ring (bicyclic) bond motifs is 1. The number of halogens is 1. The Kier molecular flexibility index (Phi) is 2.28. The van der Waals surface area contributed by atoms with Gasteiger partial charge < -0.3 is 10.6 Å². The van der Waals surface area contributed by atoms with Gasteiger partial charge in [0.15, 0.2) is 5.67 Å². The molecule has 1 amide bonds. The summed E-state index contributed by atoms with van der Waals surface area (Å²) < 4.78 is 14.6. The third-order valence-corrected chi connectivity index (χ3v) is 4.66. The number of nitrogens with one attached hydrogen (secondary N) is 2. The lowest BCUT2D eigenvalue weighted by Crippen LogP contribution is -2.44. The first-order chi connectivity index (χ1) is 9.17. The molecule has 0 unspecified atom stereocenters. The fourth-order valence-electron chi connectivity index (χ4n) is 3.23. The minimum Gasteiger partial charge on any atom is -0.348 e. The molecule has 2 aliphatic carbocycles. The van der Waals surface area contributed by atoms with Gasteiger partial charge in [-0.2, -0.15) is 0 Å². The first-order valence-corrected chi connectivity index (χ1v) is 6.98. The Bertz CT molecular complexity index is 510. The summed E-state index contributed by atoms with van der Waals surface area (Å²) in [5.41, 5.74) is -0.694. The minimum absolute atomic E-state index is 0.0346. The molecule has 2 saturated carbocycles. The zero-order valence-corrected chi connectivity index (χ0v) is 10.6. The van der Waals surface area contributed by atoms with Gasteiger partial charge in [-0.1, -0.05) is 30.3 Å². The molecule has 1 aromatic rings. The molecule has 1 saturated heterocycles. The molecule has 1 aliphatic heterocycles. The summed E-state index contributed by atoms with van der Waals surface area (Å²) in [6.45, 7) is 0. The van der Waals surface area contributed by atoms with Crippen molar-refractivity contribution in [3.8, 4) is 0 Å². The summed E-state index contributed by atoms with van der Waals surface area (Å²) in [5, 5.41) is 6.14. The van der Waals surface area contributed by atoms with Crippen LogP contribution < -0.4 is 10.6 Å². The van der Waals surface area contributed by atoms with Crippen LogP contribution in [0.2, 0.25) is 0 Å². The Hall–Kier alpha value is -1.42. The van der Waals surface area contributed by atoms with Crippen molar-refractivity contribution in [1.29, 1.82) is 0 Å². The van der Waals surface area contributed by atoms with Gasteiger partial charge in [0.25, 0.3) is 0 Å². The van der Waals surface area contributed by atoms with Crippen molar-refractivity contribution in [2.75, 3.05) is 0 Å². The van der Waals surface area contributed by atoms with E-state index in [2.05, 4.69) is 10.6 Å². The van der Waals surface area contributed by atoms with E-state index < -0.39 is 5.67 Å². The number of carbonyl (C=O) groups excluding carboxylic acids is 1. The fourth-order valence-corrected chi connectivity index (χ4v) is 3.23. The van der Waals surface area contributed by atoms with Crippen LogP contribution in [0.5, 0.6) is 0 Å². The molecule has 3 fully saturated rings. The van der Waals surface area contributed by atoms with Crippen LogP contribution >= 0.6 is 0 Å². The van der Waals surface area contributed by atoms with E-state index in [0.29, 0.717) is 23.9 Å². The van der Waals surface area contributed by atoms with E-state index in [-0.39, 0.29) is 18.0 Å². The van der Waals surface area contributed by atoms with Crippen molar-refractivity contribution in [1.82, 2.24) is 10.6 Å². The maximum atomic E-state index is 14.6. The van der Waals surface area contributed by atoms with Crippen LogP contribution in [0.4, 0.5) is 4.39 Å². The van der Waals surface area contributed by atoms with Crippen LogP contribution in [0, 0.1) is 5.92 Å². The molecule has 0 radical (unpaired) electrons. The van der Waals surface area contributed by atoms with E-state index in [1.807, 2.05) is 18.2 Å². The van der Waals surface area contributed by atoms with Gasteiger partial charge in [-0.05, 0) is 24.3 Å². The highest BCUT2D eigenvalue weighted by Crippen LogP contribution is 2.50. The maximum absolute atomic E-state index is 14.6.